The van der Waals surface area contributed by atoms with Gasteiger partial charge in [-0.25, -0.2) is 10.4 Å². The van der Waals surface area contributed by atoms with Gasteiger partial charge in [0.1, 0.15) is 11.9 Å². The highest BCUT2D eigenvalue weighted by Gasteiger charge is 2.20. The van der Waals surface area contributed by atoms with E-state index >= 15 is 0 Å². The van der Waals surface area contributed by atoms with Crippen molar-refractivity contribution in [2.75, 3.05) is 0 Å². The predicted octanol–water partition coefficient (Wildman–Crippen LogP) is 3.26. The fourth-order valence-corrected chi connectivity index (χ4v) is 2.66. The minimum Gasteiger partial charge on any atom is -0.333 e. The van der Waals surface area contributed by atoms with Crippen molar-refractivity contribution in [3.05, 3.63) is 51.5 Å². The van der Waals surface area contributed by atoms with Crippen LogP contribution < -0.4 is 11.3 Å². The third kappa shape index (κ3) is 3.17. The molecule has 0 aliphatic carbocycles. The highest BCUT2D eigenvalue weighted by molar-refractivity contribution is 9.10. The van der Waals surface area contributed by atoms with Crippen LogP contribution in [0.15, 0.2) is 35.1 Å². The first-order chi connectivity index (χ1) is 9.17. The van der Waals surface area contributed by atoms with Crippen LogP contribution in [-0.2, 0) is 6.54 Å². The van der Waals surface area contributed by atoms with Gasteiger partial charge >= 0.3 is 0 Å². The fraction of sp³-hybridized carbons (Fsp3) is 0.308. The number of rotatable bonds is 5. The van der Waals surface area contributed by atoms with Crippen molar-refractivity contribution in [2.45, 2.75) is 25.9 Å². The molecule has 4 nitrogen and oxygen atoms in total. The molecule has 0 fully saturated rings. The summed E-state index contributed by atoms with van der Waals surface area (Å²) in [6, 6.07) is 5.47. The van der Waals surface area contributed by atoms with E-state index in [1.54, 1.807) is 6.20 Å². The van der Waals surface area contributed by atoms with Gasteiger partial charge in [0.15, 0.2) is 0 Å². The molecule has 1 aromatic carbocycles. The third-order valence-corrected chi connectivity index (χ3v) is 3.74. The van der Waals surface area contributed by atoms with Crippen molar-refractivity contribution in [3.63, 3.8) is 0 Å². The Balaban J connectivity index is 2.44. The van der Waals surface area contributed by atoms with Gasteiger partial charge in [-0.3, -0.25) is 5.84 Å². The Morgan fingerprint density at radius 2 is 2.32 bits per heavy atom. The molecule has 0 aliphatic rings. The van der Waals surface area contributed by atoms with Gasteiger partial charge in [-0.05, 0) is 30.2 Å². The Bertz CT molecular complexity index is 555. The largest absolute Gasteiger partial charge is 0.333 e. The maximum Gasteiger partial charge on any atom is 0.131 e. The molecule has 102 valence electrons. The first kappa shape index (κ1) is 14.5. The molecule has 1 atom stereocenters. The lowest BCUT2D eigenvalue weighted by Gasteiger charge is -2.19. The van der Waals surface area contributed by atoms with E-state index in [4.69, 9.17) is 17.4 Å². The quantitative estimate of drug-likeness (QED) is 0.647. The van der Waals surface area contributed by atoms with Gasteiger partial charge in [0.25, 0.3) is 0 Å². The number of hydrazine groups is 1. The van der Waals surface area contributed by atoms with Gasteiger partial charge in [0, 0.05) is 28.4 Å². The first-order valence-electron chi connectivity index (χ1n) is 6.09. The number of imidazole rings is 1. The number of nitrogens with zero attached hydrogens (tertiary/aromatic N) is 2. The average Bonchev–Trinajstić information content (AvgIpc) is 2.83. The summed E-state index contributed by atoms with van der Waals surface area (Å²) in [5.41, 5.74) is 3.70. The smallest absolute Gasteiger partial charge is 0.131 e. The molecular formula is C13H16BrClN4. The van der Waals surface area contributed by atoms with E-state index in [0.717, 1.165) is 28.8 Å². The molecule has 1 heterocycles. The number of benzene rings is 1. The van der Waals surface area contributed by atoms with E-state index in [0.29, 0.717) is 5.02 Å². The van der Waals surface area contributed by atoms with Crippen molar-refractivity contribution < 1.29 is 0 Å². The molecule has 1 unspecified atom stereocenters. The molecule has 0 amide bonds. The van der Waals surface area contributed by atoms with Gasteiger partial charge in [-0.2, -0.15) is 0 Å². The zero-order chi connectivity index (χ0) is 13.8. The SMILES string of the molecule is CCCn1ccnc1C(NN)c1cc(Br)ccc1Cl. The molecule has 0 saturated heterocycles. The Labute approximate surface area is 126 Å². The van der Waals surface area contributed by atoms with Crippen LogP contribution in [0.25, 0.3) is 0 Å². The summed E-state index contributed by atoms with van der Waals surface area (Å²) in [6.07, 6.45) is 4.77. The number of nitrogens with two attached hydrogens (primary N) is 1. The summed E-state index contributed by atoms with van der Waals surface area (Å²) in [6.45, 7) is 3.03. The van der Waals surface area contributed by atoms with Crippen LogP contribution in [0.2, 0.25) is 5.02 Å². The molecule has 0 spiro atoms. The summed E-state index contributed by atoms with van der Waals surface area (Å²) in [5.74, 6) is 6.57. The molecule has 2 aromatic rings. The lowest BCUT2D eigenvalue weighted by atomic mass is 10.1. The normalized spacial score (nSPS) is 12.6. The number of hydrogen-bond donors (Lipinski definition) is 2. The second-order valence-corrected chi connectivity index (χ2v) is 5.57. The molecule has 0 aliphatic heterocycles. The Morgan fingerprint density at radius 3 is 3.00 bits per heavy atom. The van der Waals surface area contributed by atoms with E-state index in [9.17, 15) is 0 Å². The van der Waals surface area contributed by atoms with Crippen LogP contribution in [0, 0.1) is 0 Å². The molecule has 0 saturated carbocycles. The number of aryl methyl sites for hydroxylation is 1. The minimum absolute atomic E-state index is 0.230. The van der Waals surface area contributed by atoms with Crippen molar-refractivity contribution in [3.8, 4) is 0 Å². The van der Waals surface area contributed by atoms with Crippen molar-refractivity contribution in [2.24, 2.45) is 5.84 Å². The first-order valence-corrected chi connectivity index (χ1v) is 7.26. The van der Waals surface area contributed by atoms with E-state index in [1.807, 2.05) is 24.4 Å². The maximum absolute atomic E-state index is 6.26. The fourth-order valence-electron chi connectivity index (χ4n) is 2.05. The zero-order valence-electron chi connectivity index (χ0n) is 10.6. The lowest BCUT2D eigenvalue weighted by molar-refractivity contribution is 0.545. The van der Waals surface area contributed by atoms with E-state index in [1.165, 1.54) is 0 Å². The minimum atomic E-state index is -0.230. The zero-order valence-corrected chi connectivity index (χ0v) is 12.9. The number of nitrogens with one attached hydrogen (secondary N) is 1. The molecule has 2 rings (SSSR count). The van der Waals surface area contributed by atoms with Gasteiger partial charge in [0.2, 0.25) is 0 Å². The summed E-state index contributed by atoms with van der Waals surface area (Å²) >= 11 is 9.71. The third-order valence-electron chi connectivity index (χ3n) is 2.91. The Kier molecular flexibility index (Phi) is 4.99. The molecule has 0 bridgehead atoms. The Hall–Kier alpha value is -0.880. The summed E-state index contributed by atoms with van der Waals surface area (Å²) < 4.78 is 3.04. The molecule has 6 heteroatoms. The van der Waals surface area contributed by atoms with Crippen LogP contribution in [0.3, 0.4) is 0 Å². The highest BCUT2D eigenvalue weighted by Crippen LogP contribution is 2.29. The average molecular weight is 344 g/mol. The van der Waals surface area contributed by atoms with E-state index < -0.39 is 0 Å². The van der Waals surface area contributed by atoms with Gasteiger partial charge < -0.3 is 4.57 Å². The Morgan fingerprint density at radius 1 is 1.53 bits per heavy atom. The summed E-state index contributed by atoms with van der Waals surface area (Å²) in [4.78, 5) is 4.40. The monoisotopic (exact) mass is 342 g/mol. The maximum atomic E-state index is 6.26. The molecule has 3 N–H and O–H groups in total. The van der Waals surface area contributed by atoms with Gasteiger partial charge in [-0.1, -0.05) is 34.5 Å². The number of aromatic nitrogens is 2. The van der Waals surface area contributed by atoms with Crippen LogP contribution >= 0.6 is 27.5 Å². The van der Waals surface area contributed by atoms with Crippen LogP contribution in [0.4, 0.5) is 0 Å². The van der Waals surface area contributed by atoms with Crippen molar-refractivity contribution in [1.82, 2.24) is 15.0 Å². The summed E-state index contributed by atoms with van der Waals surface area (Å²) in [5, 5.41) is 0.664. The molecular weight excluding hydrogens is 328 g/mol. The standard InChI is InChI=1S/C13H16BrClN4/c1-2-6-19-7-5-17-13(19)12(18-16)10-8-9(14)3-4-11(10)15/h3-5,7-8,12,18H,2,6,16H2,1H3. The van der Waals surface area contributed by atoms with Crippen LogP contribution in [0.1, 0.15) is 30.8 Å². The number of halogens is 2. The van der Waals surface area contributed by atoms with E-state index in [2.05, 4.69) is 37.8 Å². The molecule has 0 radical (unpaired) electrons. The highest BCUT2D eigenvalue weighted by atomic mass is 79.9. The van der Waals surface area contributed by atoms with Gasteiger partial charge in [-0.15, -0.1) is 0 Å². The second-order valence-electron chi connectivity index (χ2n) is 4.24. The van der Waals surface area contributed by atoms with Crippen molar-refractivity contribution >= 4 is 27.5 Å². The van der Waals surface area contributed by atoms with Crippen LogP contribution in [-0.4, -0.2) is 9.55 Å². The van der Waals surface area contributed by atoms with Gasteiger partial charge in [0.05, 0.1) is 0 Å². The molecule has 19 heavy (non-hydrogen) atoms. The summed E-state index contributed by atoms with van der Waals surface area (Å²) in [7, 11) is 0. The molecule has 1 aromatic heterocycles. The topological polar surface area (TPSA) is 55.9 Å². The lowest BCUT2D eigenvalue weighted by Crippen LogP contribution is -2.31. The predicted molar refractivity (Wildman–Crippen MR) is 80.8 cm³/mol. The van der Waals surface area contributed by atoms with E-state index in [-0.39, 0.29) is 6.04 Å². The van der Waals surface area contributed by atoms with Crippen molar-refractivity contribution in [1.29, 1.82) is 0 Å². The second kappa shape index (κ2) is 6.52. The number of hydrogen-bond acceptors (Lipinski definition) is 3. The van der Waals surface area contributed by atoms with Crippen LogP contribution in [0.5, 0.6) is 0 Å².